The SMILES string of the molecule is CCCC1CC1NCC(C)(N)C1CC1. The molecule has 0 bridgehead atoms. The van der Waals surface area contributed by atoms with Crippen molar-refractivity contribution < 1.29 is 0 Å². The lowest BCUT2D eigenvalue weighted by Gasteiger charge is -2.25. The summed E-state index contributed by atoms with van der Waals surface area (Å²) in [5.41, 5.74) is 6.31. The molecule has 14 heavy (non-hydrogen) atoms. The maximum Gasteiger partial charge on any atom is 0.0280 e. The fourth-order valence-electron chi connectivity index (χ4n) is 2.43. The zero-order valence-electron chi connectivity index (χ0n) is 9.55. The minimum Gasteiger partial charge on any atom is -0.324 e. The first kappa shape index (κ1) is 10.4. The van der Waals surface area contributed by atoms with E-state index in [1.165, 1.54) is 32.1 Å². The molecular weight excluding hydrogens is 172 g/mol. The summed E-state index contributed by atoms with van der Waals surface area (Å²) in [6, 6.07) is 0.788. The summed E-state index contributed by atoms with van der Waals surface area (Å²) in [6.45, 7) is 5.49. The lowest BCUT2D eigenvalue weighted by molar-refractivity contribution is 0.374. The maximum absolute atomic E-state index is 6.26. The molecule has 0 aromatic heterocycles. The molecule has 2 fully saturated rings. The Morgan fingerprint density at radius 3 is 2.71 bits per heavy atom. The third-order valence-electron chi connectivity index (χ3n) is 3.84. The third-order valence-corrected chi connectivity index (χ3v) is 3.84. The molecule has 0 aliphatic heterocycles. The summed E-state index contributed by atoms with van der Waals surface area (Å²) in [7, 11) is 0. The quantitative estimate of drug-likeness (QED) is 0.681. The molecule has 0 amide bonds. The number of hydrogen-bond donors (Lipinski definition) is 2. The first-order chi connectivity index (χ1) is 6.63. The number of rotatable bonds is 6. The van der Waals surface area contributed by atoms with Gasteiger partial charge in [0.25, 0.3) is 0 Å². The molecule has 0 spiro atoms. The van der Waals surface area contributed by atoms with Gasteiger partial charge in [0.2, 0.25) is 0 Å². The van der Waals surface area contributed by atoms with Crippen LogP contribution in [-0.2, 0) is 0 Å². The molecule has 3 atom stereocenters. The number of nitrogens with one attached hydrogen (secondary N) is 1. The third kappa shape index (κ3) is 2.48. The second kappa shape index (κ2) is 3.82. The summed E-state index contributed by atoms with van der Waals surface area (Å²) in [4.78, 5) is 0. The van der Waals surface area contributed by atoms with Gasteiger partial charge in [-0.05, 0) is 44.4 Å². The first-order valence-electron chi connectivity index (χ1n) is 6.15. The van der Waals surface area contributed by atoms with Crippen LogP contribution in [-0.4, -0.2) is 18.1 Å². The van der Waals surface area contributed by atoms with Gasteiger partial charge in [0.1, 0.15) is 0 Å². The zero-order valence-corrected chi connectivity index (χ0v) is 9.55. The van der Waals surface area contributed by atoms with Gasteiger partial charge in [0.05, 0.1) is 0 Å². The average Bonchev–Trinajstić information content (AvgIpc) is 2.98. The predicted octanol–water partition coefficient (Wildman–Crippen LogP) is 1.89. The second-order valence-corrected chi connectivity index (χ2v) is 5.55. The summed E-state index contributed by atoms with van der Waals surface area (Å²) in [5.74, 6) is 1.74. The van der Waals surface area contributed by atoms with E-state index in [1.54, 1.807) is 0 Å². The van der Waals surface area contributed by atoms with E-state index in [1.807, 2.05) is 0 Å². The molecule has 3 unspecified atom stereocenters. The fourth-order valence-corrected chi connectivity index (χ4v) is 2.43. The van der Waals surface area contributed by atoms with E-state index in [0.29, 0.717) is 0 Å². The highest BCUT2D eigenvalue weighted by Crippen LogP contribution is 2.39. The summed E-state index contributed by atoms with van der Waals surface area (Å²) in [5, 5.41) is 3.63. The fraction of sp³-hybridized carbons (Fsp3) is 1.00. The molecule has 0 radical (unpaired) electrons. The molecule has 0 heterocycles. The van der Waals surface area contributed by atoms with E-state index in [2.05, 4.69) is 19.2 Å². The Hall–Kier alpha value is -0.0800. The van der Waals surface area contributed by atoms with Crippen molar-refractivity contribution in [3.8, 4) is 0 Å². The van der Waals surface area contributed by atoms with Gasteiger partial charge in [-0.2, -0.15) is 0 Å². The molecule has 3 N–H and O–H groups in total. The van der Waals surface area contributed by atoms with Crippen LogP contribution in [0.3, 0.4) is 0 Å². The average molecular weight is 196 g/mol. The van der Waals surface area contributed by atoms with Crippen molar-refractivity contribution in [1.82, 2.24) is 5.32 Å². The van der Waals surface area contributed by atoms with E-state index >= 15 is 0 Å². The lowest BCUT2D eigenvalue weighted by atomic mass is 9.97. The van der Waals surface area contributed by atoms with Crippen molar-refractivity contribution in [1.29, 1.82) is 0 Å². The Morgan fingerprint density at radius 2 is 2.14 bits per heavy atom. The smallest absolute Gasteiger partial charge is 0.0280 e. The molecule has 2 saturated carbocycles. The van der Waals surface area contributed by atoms with Crippen molar-refractivity contribution in [2.24, 2.45) is 17.6 Å². The Kier molecular flexibility index (Phi) is 2.85. The van der Waals surface area contributed by atoms with Crippen molar-refractivity contribution in [2.45, 2.75) is 57.5 Å². The van der Waals surface area contributed by atoms with Crippen LogP contribution in [0.15, 0.2) is 0 Å². The van der Waals surface area contributed by atoms with Crippen molar-refractivity contribution in [2.75, 3.05) is 6.54 Å². The Labute approximate surface area is 87.6 Å². The molecule has 82 valence electrons. The van der Waals surface area contributed by atoms with Crippen LogP contribution in [0, 0.1) is 11.8 Å². The van der Waals surface area contributed by atoms with Crippen LogP contribution in [0.2, 0.25) is 0 Å². The van der Waals surface area contributed by atoms with Crippen LogP contribution in [0.25, 0.3) is 0 Å². The Bertz CT molecular complexity index is 196. The highest BCUT2D eigenvalue weighted by Gasteiger charge is 2.41. The summed E-state index contributed by atoms with van der Waals surface area (Å²) < 4.78 is 0. The van der Waals surface area contributed by atoms with Crippen molar-refractivity contribution in [3.05, 3.63) is 0 Å². The summed E-state index contributed by atoms with van der Waals surface area (Å²) in [6.07, 6.45) is 6.79. The minimum atomic E-state index is 0.0549. The van der Waals surface area contributed by atoms with Gasteiger partial charge < -0.3 is 11.1 Å². The highest BCUT2D eigenvalue weighted by atomic mass is 15.0. The van der Waals surface area contributed by atoms with Crippen LogP contribution in [0.4, 0.5) is 0 Å². The Morgan fingerprint density at radius 1 is 1.43 bits per heavy atom. The molecule has 2 heteroatoms. The van der Waals surface area contributed by atoms with Crippen LogP contribution in [0.1, 0.15) is 46.0 Å². The van der Waals surface area contributed by atoms with E-state index in [0.717, 1.165) is 24.4 Å². The van der Waals surface area contributed by atoms with Gasteiger partial charge in [-0.1, -0.05) is 13.3 Å². The number of nitrogens with two attached hydrogens (primary N) is 1. The monoisotopic (exact) mass is 196 g/mol. The lowest BCUT2D eigenvalue weighted by Crippen LogP contribution is -2.48. The molecule has 2 nitrogen and oxygen atoms in total. The maximum atomic E-state index is 6.26. The minimum absolute atomic E-state index is 0.0549. The van der Waals surface area contributed by atoms with Crippen molar-refractivity contribution >= 4 is 0 Å². The van der Waals surface area contributed by atoms with E-state index in [4.69, 9.17) is 5.73 Å². The normalized spacial score (nSPS) is 35.4. The molecule has 0 saturated heterocycles. The van der Waals surface area contributed by atoms with Gasteiger partial charge in [0.15, 0.2) is 0 Å². The highest BCUT2D eigenvalue weighted by molar-refractivity contribution is 5.00. The molecule has 2 aliphatic carbocycles. The topological polar surface area (TPSA) is 38.0 Å². The van der Waals surface area contributed by atoms with Crippen LogP contribution in [0.5, 0.6) is 0 Å². The van der Waals surface area contributed by atoms with Crippen LogP contribution >= 0.6 is 0 Å². The van der Waals surface area contributed by atoms with E-state index < -0.39 is 0 Å². The zero-order chi connectivity index (χ0) is 10.2. The molecular formula is C12H24N2. The van der Waals surface area contributed by atoms with E-state index in [9.17, 15) is 0 Å². The molecule has 2 rings (SSSR count). The van der Waals surface area contributed by atoms with Gasteiger partial charge in [-0.15, -0.1) is 0 Å². The standard InChI is InChI=1S/C12H24N2/c1-3-4-9-7-11(9)14-8-12(2,13)10-5-6-10/h9-11,14H,3-8,13H2,1-2H3. The predicted molar refractivity (Wildman–Crippen MR) is 60.1 cm³/mol. The van der Waals surface area contributed by atoms with Crippen molar-refractivity contribution in [3.63, 3.8) is 0 Å². The van der Waals surface area contributed by atoms with Gasteiger partial charge >= 0.3 is 0 Å². The first-order valence-corrected chi connectivity index (χ1v) is 6.15. The molecule has 2 aliphatic rings. The van der Waals surface area contributed by atoms with Gasteiger partial charge in [0, 0.05) is 18.1 Å². The molecule has 0 aromatic carbocycles. The van der Waals surface area contributed by atoms with E-state index in [-0.39, 0.29) is 5.54 Å². The summed E-state index contributed by atoms with van der Waals surface area (Å²) >= 11 is 0. The van der Waals surface area contributed by atoms with Crippen LogP contribution < -0.4 is 11.1 Å². The van der Waals surface area contributed by atoms with Gasteiger partial charge in [-0.3, -0.25) is 0 Å². The Balaban J connectivity index is 1.63. The number of hydrogen-bond acceptors (Lipinski definition) is 2. The second-order valence-electron chi connectivity index (χ2n) is 5.55. The van der Waals surface area contributed by atoms with Gasteiger partial charge in [-0.25, -0.2) is 0 Å². The largest absolute Gasteiger partial charge is 0.324 e. The molecule has 0 aromatic rings.